The molecule has 2 rings (SSSR count). The first kappa shape index (κ1) is 20.0. The number of nitrogens with one attached hydrogen (secondary N) is 1. The molecular weight excluding hydrogens is 320 g/mol. The molecule has 7 heteroatoms. The Bertz CT molecular complexity index is 419. The molecule has 2 saturated heterocycles. The van der Waals surface area contributed by atoms with Crippen LogP contribution in [-0.2, 0) is 9.53 Å². The molecule has 1 N–H and O–H groups in total. The first-order valence-corrected chi connectivity index (χ1v) is 9.73. The molecule has 1 unspecified atom stereocenters. The molecule has 144 valence electrons. The maximum atomic E-state index is 12.5. The third kappa shape index (κ3) is 6.82. The van der Waals surface area contributed by atoms with E-state index < -0.39 is 0 Å². The van der Waals surface area contributed by atoms with Crippen LogP contribution in [0.25, 0.3) is 0 Å². The molecule has 7 nitrogen and oxygen atoms in total. The quantitative estimate of drug-likeness (QED) is 0.697. The zero-order valence-corrected chi connectivity index (χ0v) is 15.8. The molecule has 1 atom stereocenters. The van der Waals surface area contributed by atoms with E-state index in [2.05, 4.69) is 24.1 Å². The van der Waals surface area contributed by atoms with Crippen LogP contribution in [-0.4, -0.2) is 91.7 Å². The Kier molecular flexibility index (Phi) is 8.48. The molecule has 25 heavy (non-hydrogen) atoms. The van der Waals surface area contributed by atoms with Crippen molar-refractivity contribution in [2.45, 2.75) is 45.6 Å². The highest BCUT2D eigenvalue weighted by atomic mass is 16.5. The van der Waals surface area contributed by atoms with Crippen molar-refractivity contribution in [3.63, 3.8) is 0 Å². The highest BCUT2D eigenvalue weighted by molar-refractivity contribution is 5.78. The fraction of sp³-hybridized carbons (Fsp3) is 0.889. The van der Waals surface area contributed by atoms with Crippen LogP contribution in [0.5, 0.6) is 0 Å². The number of piperazine rings is 1. The van der Waals surface area contributed by atoms with Gasteiger partial charge in [0.1, 0.15) is 0 Å². The van der Waals surface area contributed by atoms with Gasteiger partial charge < -0.3 is 19.9 Å². The molecule has 0 aromatic carbocycles. The van der Waals surface area contributed by atoms with Gasteiger partial charge in [-0.2, -0.15) is 0 Å². The third-order valence-corrected chi connectivity index (χ3v) is 4.94. The highest BCUT2D eigenvalue weighted by Gasteiger charge is 2.27. The number of carbonyl (C=O) groups excluding carboxylic acids is 2. The molecule has 3 amide bonds. The molecule has 2 heterocycles. The van der Waals surface area contributed by atoms with Gasteiger partial charge in [0.15, 0.2) is 0 Å². The Morgan fingerprint density at radius 1 is 1.00 bits per heavy atom. The summed E-state index contributed by atoms with van der Waals surface area (Å²) >= 11 is 0. The van der Waals surface area contributed by atoms with Crippen LogP contribution in [0.1, 0.15) is 39.5 Å². The molecule has 0 radical (unpaired) electrons. The number of morpholine rings is 1. The predicted molar refractivity (Wildman–Crippen MR) is 97.5 cm³/mol. The molecular formula is C18H34N4O3. The number of hydrogen-bond donors (Lipinski definition) is 1. The first-order chi connectivity index (χ1) is 12.1. The van der Waals surface area contributed by atoms with Crippen LogP contribution >= 0.6 is 0 Å². The van der Waals surface area contributed by atoms with Crippen molar-refractivity contribution in [2.24, 2.45) is 0 Å². The SMILES string of the molecule is CCCCCC(C)NC(=O)CN1CCN(C(=O)N2CCOCC2)CC1. The van der Waals surface area contributed by atoms with E-state index in [-0.39, 0.29) is 18.0 Å². The summed E-state index contributed by atoms with van der Waals surface area (Å²) in [5.74, 6) is 0.0944. The average molecular weight is 354 g/mol. The van der Waals surface area contributed by atoms with Crippen LogP contribution in [0.15, 0.2) is 0 Å². The zero-order valence-electron chi connectivity index (χ0n) is 15.8. The van der Waals surface area contributed by atoms with E-state index in [0.717, 1.165) is 19.5 Å². The Hall–Kier alpha value is -1.34. The van der Waals surface area contributed by atoms with E-state index >= 15 is 0 Å². The van der Waals surface area contributed by atoms with Gasteiger partial charge in [0, 0.05) is 45.3 Å². The summed E-state index contributed by atoms with van der Waals surface area (Å²) in [5.41, 5.74) is 0. The van der Waals surface area contributed by atoms with Crippen molar-refractivity contribution in [1.29, 1.82) is 0 Å². The summed E-state index contributed by atoms with van der Waals surface area (Å²) < 4.78 is 5.30. The van der Waals surface area contributed by atoms with Crippen molar-refractivity contribution < 1.29 is 14.3 Å². The zero-order chi connectivity index (χ0) is 18.1. The van der Waals surface area contributed by atoms with Crippen molar-refractivity contribution in [1.82, 2.24) is 20.0 Å². The molecule has 0 aromatic heterocycles. The highest BCUT2D eigenvalue weighted by Crippen LogP contribution is 2.08. The van der Waals surface area contributed by atoms with Crippen LogP contribution in [0.2, 0.25) is 0 Å². The van der Waals surface area contributed by atoms with Crippen LogP contribution in [0.3, 0.4) is 0 Å². The molecule has 2 aliphatic heterocycles. The Balaban J connectivity index is 1.64. The summed E-state index contributed by atoms with van der Waals surface area (Å²) in [4.78, 5) is 30.5. The number of hydrogen-bond acceptors (Lipinski definition) is 4. The number of carbonyl (C=O) groups is 2. The third-order valence-electron chi connectivity index (χ3n) is 4.94. The number of amides is 3. The molecule has 2 aliphatic rings. The summed E-state index contributed by atoms with van der Waals surface area (Å²) in [5, 5.41) is 3.09. The summed E-state index contributed by atoms with van der Waals surface area (Å²) in [7, 11) is 0. The van der Waals surface area contributed by atoms with Crippen LogP contribution in [0, 0.1) is 0 Å². The number of unbranched alkanes of at least 4 members (excludes halogenated alkanes) is 2. The van der Waals surface area contributed by atoms with E-state index in [0.29, 0.717) is 45.9 Å². The van der Waals surface area contributed by atoms with Gasteiger partial charge in [-0.1, -0.05) is 26.2 Å². The van der Waals surface area contributed by atoms with E-state index in [4.69, 9.17) is 4.74 Å². The van der Waals surface area contributed by atoms with Gasteiger partial charge in [-0.3, -0.25) is 9.69 Å². The molecule has 0 bridgehead atoms. The predicted octanol–water partition coefficient (Wildman–Crippen LogP) is 1.14. The van der Waals surface area contributed by atoms with E-state index in [1.54, 1.807) is 0 Å². The Morgan fingerprint density at radius 3 is 2.28 bits per heavy atom. The first-order valence-electron chi connectivity index (χ1n) is 9.73. The second-order valence-corrected chi connectivity index (χ2v) is 7.11. The van der Waals surface area contributed by atoms with Gasteiger partial charge in [-0.25, -0.2) is 4.79 Å². The normalized spacial score (nSPS) is 20.4. The molecule has 0 spiro atoms. The van der Waals surface area contributed by atoms with Gasteiger partial charge in [0.2, 0.25) is 5.91 Å². The Morgan fingerprint density at radius 2 is 1.64 bits per heavy atom. The second kappa shape index (κ2) is 10.6. The smallest absolute Gasteiger partial charge is 0.320 e. The number of rotatable bonds is 7. The minimum Gasteiger partial charge on any atom is -0.378 e. The lowest BCUT2D eigenvalue weighted by molar-refractivity contribution is -0.123. The maximum Gasteiger partial charge on any atom is 0.320 e. The second-order valence-electron chi connectivity index (χ2n) is 7.11. The van der Waals surface area contributed by atoms with Crippen molar-refractivity contribution in [3.05, 3.63) is 0 Å². The van der Waals surface area contributed by atoms with Gasteiger partial charge in [0.25, 0.3) is 0 Å². The standard InChI is InChI=1S/C18H34N4O3/c1-3-4-5-6-16(2)19-17(23)15-20-7-9-21(10-8-20)18(24)22-11-13-25-14-12-22/h16H,3-15H2,1-2H3,(H,19,23). The monoisotopic (exact) mass is 354 g/mol. The summed E-state index contributed by atoms with van der Waals surface area (Å²) in [6, 6.07) is 0.347. The van der Waals surface area contributed by atoms with E-state index in [1.807, 2.05) is 9.80 Å². The van der Waals surface area contributed by atoms with Gasteiger partial charge in [-0.05, 0) is 13.3 Å². The van der Waals surface area contributed by atoms with Crippen molar-refractivity contribution in [3.8, 4) is 0 Å². The van der Waals surface area contributed by atoms with E-state index in [1.165, 1.54) is 19.3 Å². The largest absolute Gasteiger partial charge is 0.378 e. The lowest BCUT2D eigenvalue weighted by Gasteiger charge is -2.38. The van der Waals surface area contributed by atoms with E-state index in [9.17, 15) is 9.59 Å². The van der Waals surface area contributed by atoms with Gasteiger partial charge >= 0.3 is 6.03 Å². The molecule has 0 saturated carbocycles. The number of ether oxygens (including phenoxy) is 1. The Labute approximate surface area is 151 Å². The minimum atomic E-state index is 0.0944. The van der Waals surface area contributed by atoms with Gasteiger partial charge in [-0.15, -0.1) is 0 Å². The molecule has 0 aliphatic carbocycles. The number of nitrogens with zero attached hydrogens (tertiary/aromatic N) is 3. The lowest BCUT2D eigenvalue weighted by Crippen LogP contribution is -2.56. The average Bonchev–Trinajstić information content (AvgIpc) is 2.62. The maximum absolute atomic E-state index is 12.5. The van der Waals surface area contributed by atoms with Crippen LogP contribution < -0.4 is 5.32 Å². The minimum absolute atomic E-state index is 0.0944. The topological polar surface area (TPSA) is 65.1 Å². The fourth-order valence-electron chi connectivity index (χ4n) is 3.35. The molecule has 2 fully saturated rings. The fourth-order valence-corrected chi connectivity index (χ4v) is 3.35. The van der Waals surface area contributed by atoms with Gasteiger partial charge in [0.05, 0.1) is 19.8 Å². The molecule has 0 aromatic rings. The lowest BCUT2D eigenvalue weighted by atomic mass is 10.1. The van der Waals surface area contributed by atoms with Crippen molar-refractivity contribution >= 4 is 11.9 Å². The summed E-state index contributed by atoms with van der Waals surface area (Å²) in [6.07, 6.45) is 4.63. The van der Waals surface area contributed by atoms with Crippen LogP contribution in [0.4, 0.5) is 4.79 Å². The van der Waals surface area contributed by atoms with Crippen molar-refractivity contribution in [2.75, 3.05) is 59.0 Å². The number of urea groups is 1. The summed E-state index contributed by atoms with van der Waals surface area (Å²) in [6.45, 7) is 10.2.